The van der Waals surface area contributed by atoms with Crippen LogP contribution in [0.4, 0.5) is 0 Å². The first-order chi connectivity index (χ1) is 33.1. The molecule has 69 heavy (non-hydrogen) atoms. The second-order valence-corrected chi connectivity index (χ2v) is 19.6. The summed E-state index contributed by atoms with van der Waals surface area (Å²) in [4.78, 5) is 0. The first kappa shape index (κ1) is 60.7. The quantitative estimate of drug-likeness (QED) is 0.0335. The average Bonchev–Trinajstić information content (AvgIpc) is 3.35. The molecule has 4 aliphatic rings. The molecule has 0 bridgehead atoms. The smallest absolute Gasteiger partial charge is 0.187 e. The van der Waals surface area contributed by atoms with E-state index in [1.165, 1.54) is 12.8 Å². The van der Waals surface area contributed by atoms with Crippen molar-refractivity contribution in [1.82, 2.24) is 0 Å². The molecule has 0 aromatic heterocycles. The van der Waals surface area contributed by atoms with Crippen LogP contribution in [0.3, 0.4) is 0 Å². The van der Waals surface area contributed by atoms with Crippen LogP contribution in [-0.4, -0.2) is 234 Å². The van der Waals surface area contributed by atoms with Crippen molar-refractivity contribution in [2.45, 2.75) is 252 Å². The third-order valence-corrected chi connectivity index (χ3v) is 14.1. The maximum Gasteiger partial charge on any atom is 0.187 e. The van der Waals surface area contributed by atoms with Crippen LogP contribution in [0, 0.1) is 5.41 Å². The molecule has 0 aromatic carbocycles. The lowest BCUT2D eigenvalue weighted by Gasteiger charge is -2.47. The molecule has 408 valence electrons. The predicted molar refractivity (Wildman–Crippen MR) is 242 cm³/mol. The Hall–Kier alpha value is -0.880. The fourth-order valence-electron chi connectivity index (χ4n) is 9.63. The first-order valence-corrected chi connectivity index (χ1v) is 25.5. The molecule has 0 radical (unpaired) electrons. The molecule has 4 fully saturated rings. The lowest BCUT2D eigenvalue weighted by atomic mass is 9.79. The van der Waals surface area contributed by atoms with Crippen molar-refractivity contribution in [2.24, 2.45) is 5.41 Å². The Kier molecular flexibility index (Phi) is 27.4. The summed E-state index contributed by atoms with van der Waals surface area (Å²) in [6, 6.07) is 0. The van der Waals surface area contributed by atoms with Gasteiger partial charge in [0.2, 0.25) is 0 Å². The minimum atomic E-state index is -1.84. The van der Waals surface area contributed by atoms with Gasteiger partial charge in [-0.1, -0.05) is 117 Å². The molecule has 0 amide bonds. The highest BCUT2D eigenvalue weighted by molar-refractivity contribution is 4.96. The Balaban J connectivity index is 1.54. The van der Waals surface area contributed by atoms with Gasteiger partial charge in [0.15, 0.2) is 25.2 Å². The highest BCUT2D eigenvalue weighted by atomic mass is 16.8. The van der Waals surface area contributed by atoms with E-state index < -0.39 is 155 Å². The molecule has 0 spiro atoms. The summed E-state index contributed by atoms with van der Waals surface area (Å²) in [7, 11) is 0. The molecule has 0 saturated carbocycles. The van der Waals surface area contributed by atoms with Crippen LogP contribution in [-0.2, 0) is 37.9 Å². The molecule has 4 rings (SSSR count). The van der Waals surface area contributed by atoms with Gasteiger partial charge in [-0.2, -0.15) is 0 Å². The molecule has 22 nitrogen and oxygen atoms in total. The summed E-state index contributed by atoms with van der Waals surface area (Å²) in [5.74, 6) is 0. The van der Waals surface area contributed by atoms with Crippen molar-refractivity contribution in [3.63, 3.8) is 0 Å². The molecular weight excluding hydrogens is 916 g/mol. The summed E-state index contributed by atoms with van der Waals surface area (Å²) in [6.07, 6.45) is -15.3. The molecule has 4 saturated heterocycles. The summed E-state index contributed by atoms with van der Waals surface area (Å²) in [5.41, 5.74) is -0.872. The van der Waals surface area contributed by atoms with Crippen LogP contribution in [0.15, 0.2) is 0 Å². The van der Waals surface area contributed by atoms with Gasteiger partial charge in [-0.05, 0) is 12.8 Å². The number of aliphatic hydroxyl groups excluding tert-OH is 14. The molecular formula is C47H88O22. The van der Waals surface area contributed by atoms with Crippen molar-refractivity contribution >= 4 is 0 Å². The SMILES string of the molecule is CCCCCCCCCCC(CCCCCCCCCC)(CO[C@H]1O[C@@H](CO)[C@H](O[C@@H]2O[C@@H](CO)[C@H](O)[C@@H](O)[C@@H]2O)[C@@H](O)[C@@H]1O)CO[C@H]1O[C@@H](CO)[C@H](O[C@@H]2O[C@@H](CO)[C@H](O)[C@@H](O)[C@@H]2O)[C@@H](O)[C@H]1O. The van der Waals surface area contributed by atoms with Crippen molar-refractivity contribution in [3.05, 3.63) is 0 Å². The van der Waals surface area contributed by atoms with E-state index in [-0.39, 0.29) is 13.2 Å². The van der Waals surface area contributed by atoms with Crippen molar-refractivity contribution in [2.75, 3.05) is 39.6 Å². The molecule has 14 N–H and O–H groups in total. The van der Waals surface area contributed by atoms with Crippen LogP contribution in [0.25, 0.3) is 0 Å². The van der Waals surface area contributed by atoms with Gasteiger partial charge >= 0.3 is 0 Å². The summed E-state index contributed by atoms with van der Waals surface area (Å²) in [6.45, 7) is 1.04. The lowest BCUT2D eigenvalue weighted by molar-refractivity contribution is -0.365. The van der Waals surface area contributed by atoms with E-state index in [1.807, 2.05) is 0 Å². The van der Waals surface area contributed by atoms with E-state index >= 15 is 0 Å². The Morgan fingerprint density at radius 3 is 0.942 bits per heavy atom. The van der Waals surface area contributed by atoms with Gasteiger partial charge in [0.1, 0.15) is 97.7 Å². The number of ether oxygens (including phenoxy) is 8. The third-order valence-electron chi connectivity index (χ3n) is 14.1. The highest BCUT2D eigenvalue weighted by Crippen LogP contribution is 2.38. The van der Waals surface area contributed by atoms with Crippen molar-refractivity contribution < 1.29 is 109 Å². The van der Waals surface area contributed by atoms with Gasteiger partial charge in [-0.3, -0.25) is 0 Å². The molecule has 0 unspecified atom stereocenters. The van der Waals surface area contributed by atoms with E-state index in [2.05, 4.69) is 13.8 Å². The third kappa shape index (κ3) is 17.1. The fraction of sp³-hybridized carbons (Fsp3) is 1.00. The Morgan fingerprint density at radius 1 is 0.333 bits per heavy atom. The number of aliphatic hydroxyl groups is 14. The molecule has 0 aliphatic carbocycles. The second-order valence-electron chi connectivity index (χ2n) is 19.6. The summed E-state index contributed by atoms with van der Waals surface area (Å²) >= 11 is 0. The maximum absolute atomic E-state index is 11.4. The Bertz CT molecular complexity index is 1250. The van der Waals surface area contributed by atoms with E-state index in [0.29, 0.717) is 12.8 Å². The zero-order valence-electron chi connectivity index (χ0n) is 40.5. The molecule has 4 heterocycles. The van der Waals surface area contributed by atoms with Gasteiger partial charge < -0.3 is 109 Å². The summed E-state index contributed by atoms with van der Waals surface area (Å²) in [5, 5.41) is 148. The van der Waals surface area contributed by atoms with Gasteiger partial charge in [0.05, 0.1) is 39.6 Å². The topological polar surface area (TPSA) is 357 Å². The summed E-state index contributed by atoms with van der Waals surface area (Å²) < 4.78 is 47.0. The van der Waals surface area contributed by atoms with Gasteiger partial charge in [-0.25, -0.2) is 0 Å². The minimum absolute atomic E-state index is 0.136. The number of rotatable bonds is 32. The maximum atomic E-state index is 11.4. The first-order valence-electron chi connectivity index (χ1n) is 25.5. The second kappa shape index (κ2) is 31.1. The molecule has 22 heteroatoms. The van der Waals surface area contributed by atoms with Gasteiger partial charge in [-0.15, -0.1) is 0 Å². The number of hydrogen-bond donors (Lipinski definition) is 14. The number of unbranched alkanes of at least 4 members (excludes halogenated alkanes) is 14. The Labute approximate surface area is 406 Å². The number of hydrogen-bond acceptors (Lipinski definition) is 22. The van der Waals surface area contributed by atoms with Crippen LogP contribution >= 0.6 is 0 Å². The Morgan fingerprint density at radius 2 is 0.623 bits per heavy atom. The zero-order valence-corrected chi connectivity index (χ0v) is 40.5. The van der Waals surface area contributed by atoms with Gasteiger partial charge in [0.25, 0.3) is 0 Å². The molecule has 20 atom stereocenters. The largest absolute Gasteiger partial charge is 0.394 e. The normalized spacial score (nSPS) is 39.0. The minimum Gasteiger partial charge on any atom is -0.394 e. The van der Waals surface area contributed by atoms with Crippen LogP contribution < -0.4 is 0 Å². The van der Waals surface area contributed by atoms with Crippen LogP contribution in [0.2, 0.25) is 0 Å². The van der Waals surface area contributed by atoms with E-state index in [0.717, 1.165) is 89.9 Å². The fourth-order valence-corrected chi connectivity index (χ4v) is 9.63. The van der Waals surface area contributed by atoms with E-state index in [1.54, 1.807) is 0 Å². The standard InChI is InChI=1S/C47H88O22/c1-3-5-7-9-11-13-15-17-19-47(20-18-16-14-12-10-8-6-4-2,25-62-43-39(60)35(56)41(29(23-50)66-43)68-45-37(58)33(54)31(52)27(21-48)64-45)26-63-44-40(61)36(57)42(30(24-51)67-44)69-46-38(59)34(55)32(53)28(22-49)65-46/h27-46,48-61H,3-26H2,1-2H3/t27-,28-,29-,30-,31-,32-,33+,34+,35-,36-,37-,38-,39-,40+,41-,42-,43-,44-,45-,46-/m0/s1. The predicted octanol–water partition coefficient (Wildman–Crippen LogP) is -1.68. The van der Waals surface area contributed by atoms with E-state index in [9.17, 15) is 71.5 Å². The van der Waals surface area contributed by atoms with Crippen molar-refractivity contribution in [1.29, 1.82) is 0 Å². The van der Waals surface area contributed by atoms with Gasteiger partial charge in [0, 0.05) is 5.41 Å². The monoisotopic (exact) mass is 1000 g/mol. The zero-order chi connectivity index (χ0) is 50.7. The molecule has 0 aromatic rings. The lowest BCUT2D eigenvalue weighted by Crippen LogP contribution is -2.65. The molecule has 4 aliphatic heterocycles. The average molecular weight is 1010 g/mol. The van der Waals surface area contributed by atoms with Crippen molar-refractivity contribution in [3.8, 4) is 0 Å². The van der Waals surface area contributed by atoms with E-state index in [4.69, 9.17) is 37.9 Å². The highest BCUT2D eigenvalue weighted by Gasteiger charge is 2.53. The van der Waals surface area contributed by atoms with Crippen LogP contribution in [0.1, 0.15) is 129 Å². The van der Waals surface area contributed by atoms with Crippen LogP contribution in [0.5, 0.6) is 0 Å².